The third-order valence-corrected chi connectivity index (χ3v) is 8.54. The zero-order chi connectivity index (χ0) is 28.0. The predicted octanol–water partition coefficient (Wildman–Crippen LogP) is 4.27. The third kappa shape index (κ3) is 5.13. The third-order valence-electron chi connectivity index (χ3n) is 8.54. The van der Waals surface area contributed by atoms with Crippen LogP contribution in [-0.2, 0) is 15.1 Å². The van der Waals surface area contributed by atoms with E-state index in [2.05, 4.69) is 52.0 Å². The zero-order valence-electron chi connectivity index (χ0n) is 24.0. The maximum atomic E-state index is 12.7. The molecule has 0 aliphatic carbocycles. The van der Waals surface area contributed by atoms with Gasteiger partial charge in [0, 0.05) is 41.3 Å². The molecule has 1 amide bonds. The summed E-state index contributed by atoms with van der Waals surface area (Å²) in [6.45, 7) is 13.1. The maximum Gasteiger partial charge on any atom is 0.236 e. The van der Waals surface area contributed by atoms with Crippen molar-refractivity contribution in [1.29, 1.82) is 0 Å². The highest BCUT2D eigenvalue weighted by atomic mass is 16.5. The first-order chi connectivity index (χ1) is 19.2. The molecule has 2 aliphatic rings. The SMILES string of the molecule is CC(C)c1c(-c2cc(C(C)(C)O)c3ncnn3c2)[nH]c2ccc(C3CCN(CC(=O)N4CCOCC4)CC3)cc12. The maximum absolute atomic E-state index is 12.7. The average Bonchev–Trinajstić information content (AvgIpc) is 3.57. The molecule has 2 N–H and O–H groups in total. The van der Waals surface area contributed by atoms with Crippen LogP contribution in [0.3, 0.4) is 0 Å². The van der Waals surface area contributed by atoms with Gasteiger partial charge in [-0.15, -0.1) is 0 Å². The van der Waals surface area contributed by atoms with Gasteiger partial charge in [0.1, 0.15) is 6.33 Å². The van der Waals surface area contributed by atoms with E-state index in [9.17, 15) is 9.90 Å². The molecule has 1 aromatic carbocycles. The van der Waals surface area contributed by atoms with Crippen LogP contribution >= 0.6 is 0 Å². The van der Waals surface area contributed by atoms with Gasteiger partial charge in [-0.05, 0) is 80.9 Å². The van der Waals surface area contributed by atoms with Crippen LogP contribution in [0.1, 0.15) is 69.1 Å². The number of H-pyrrole nitrogens is 1. The first kappa shape index (κ1) is 26.9. The second-order valence-electron chi connectivity index (χ2n) is 12.1. The number of carbonyl (C=O) groups excluding carboxylic acids is 1. The summed E-state index contributed by atoms with van der Waals surface area (Å²) in [5.74, 6) is 0.997. The van der Waals surface area contributed by atoms with Gasteiger partial charge in [0.05, 0.1) is 31.1 Å². The van der Waals surface area contributed by atoms with Crippen LogP contribution in [0.25, 0.3) is 27.8 Å². The summed E-state index contributed by atoms with van der Waals surface area (Å²) in [4.78, 5) is 25.0. The number of morpholine rings is 1. The van der Waals surface area contributed by atoms with Crippen LogP contribution in [0.15, 0.2) is 36.8 Å². The highest BCUT2D eigenvalue weighted by Crippen LogP contribution is 2.39. The number of carbonyl (C=O) groups is 1. The Balaban J connectivity index is 1.26. The highest BCUT2D eigenvalue weighted by molar-refractivity contribution is 5.92. The van der Waals surface area contributed by atoms with Gasteiger partial charge >= 0.3 is 0 Å². The molecule has 4 aromatic rings. The van der Waals surface area contributed by atoms with E-state index in [1.54, 1.807) is 18.4 Å². The van der Waals surface area contributed by atoms with Crippen molar-refractivity contribution in [3.8, 4) is 11.3 Å². The second-order valence-corrected chi connectivity index (χ2v) is 12.1. The molecule has 0 spiro atoms. The van der Waals surface area contributed by atoms with Crippen LogP contribution < -0.4 is 0 Å². The number of hydrogen-bond donors (Lipinski definition) is 2. The molecule has 212 valence electrons. The van der Waals surface area contributed by atoms with Crippen molar-refractivity contribution in [3.63, 3.8) is 0 Å². The van der Waals surface area contributed by atoms with Crippen molar-refractivity contribution in [3.05, 3.63) is 53.5 Å². The number of amides is 1. The lowest BCUT2D eigenvalue weighted by molar-refractivity contribution is -0.136. The van der Waals surface area contributed by atoms with E-state index in [0.717, 1.165) is 48.3 Å². The minimum atomic E-state index is -1.05. The number of benzene rings is 1. The summed E-state index contributed by atoms with van der Waals surface area (Å²) in [5.41, 5.74) is 6.14. The van der Waals surface area contributed by atoms with Crippen LogP contribution in [0.5, 0.6) is 0 Å². The lowest BCUT2D eigenvalue weighted by Gasteiger charge is -2.34. The topological polar surface area (TPSA) is 99.0 Å². The summed E-state index contributed by atoms with van der Waals surface area (Å²) in [5, 5.41) is 16.5. The number of pyridine rings is 1. The summed E-state index contributed by atoms with van der Waals surface area (Å²) in [7, 11) is 0. The Hall–Kier alpha value is -3.27. The van der Waals surface area contributed by atoms with Gasteiger partial charge in [-0.3, -0.25) is 9.69 Å². The van der Waals surface area contributed by atoms with Gasteiger partial charge in [-0.1, -0.05) is 19.9 Å². The lowest BCUT2D eigenvalue weighted by Crippen LogP contribution is -2.47. The fraction of sp³-hybridized carbons (Fsp3) is 0.516. The fourth-order valence-corrected chi connectivity index (χ4v) is 6.35. The van der Waals surface area contributed by atoms with E-state index >= 15 is 0 Å². The average molecular weight is 545 g/mol. The molecule has 6 rings (SSSR count). The van der Waals surface area contributed by atoms with Crippen LogP contribution in [-0.4, -0.2) is 86.3 Å². The Bertz CT molecular complexity index is 1520. The number of fused-ring (bicyclic) bond motifs is 2. The van der Waals surface area contributed by atoms with Gasteiger partial charge in [-0.2, -0.15) is 5.10 Å². The molecular formula is C31H40N6O3. The normalized spacial score (nSPS) is 17.9. The Labute approximate surface area is 235 Å². The van der Waals surface area contributed by atoms with Gasteiger partial charge in [0.25, 0.3) is 0 Å². The second kappa shape index (κ2) is 10.6. The fourth-order valence-electron chi connectivity index (χ4n) is 6.35. The molecule has 5 heterocycles. The van der Waals surface area contributed by atoms with E-state index in [0.29, 0.717) is 50.3 Å². The molecular weight excluding hydrogens is 504 g/mol. The standard InChI is InChI=1S/C31H40N6O3/c1-20(2)28-24-15-22(21-7-9-35(10-8-21)18-27(38)36-11-13-40-14-12-36)5-6-26(24)34-29(28)23-16-25(31(3,4)39)30-32-19-33-37(30)17-23/h5-6,15-17,19-21,34,39H,7-14,18H2,1-4H3. The summed E-state index contributed by atoms with van der Waals surface area (Å²) >= 11 is 0. The van der Waals surface area contributed by atoms with Crippen molar-refractivity contribution < 1.29 is 14.6 Å². The lowest BCUT2D eigenvalue weighted by atomic mass is 9.87. The molecule has 40 heavy (non-hydrogen) atoms. The largest absolute Gasteiger partial charge is 0.386 e. The number of nitrogens with one attached hydrogen (secondary N) is 1. The molecule has 0 radical (unpaired) electrons. The first-order valence-electron chi connectivity index (χ1n) is 14.5. The molecule has 9 nitrogen and oxygen atoms in total. The molecule has 0 saturated carbocycles. The zero-order valence-corrected chi connectivity index (χ0v) is 24.0. The number of aliphatic hydroxyl groups is 1. The number of aromatic nitrogens is 4. The van der Waals surface area contributed by atoms with Crippen molar-refractivity contribution in [2.45, 2.75) is 58.0 Å². The molecule has 0 bridgehead atoms. The van der Waals surface area contributed by atoms with E-state index in [4.69, 9.17) is 4.74 Å². The minimum Gasteiger partial charge on any atom is -0.386 e. The van der Waals surface area contributed by atoms with Gasteiger partial charge in [0.15, 0.2) is 5.65 Å². The Morgan fingerprint density at radius 3 is 2.60 bits per heavy atom. The predicted molar refractivity (Wildman–Crippen MR) is 155 cm³/mol. The van der Waals surface area contributed by atoms with Crippen molar-refractivity contribution in [2.75, 3.05) is 45.9 Å². The van der Waals surface area contributed by atoms with Crippen LogP contribution in [0.2, 0.25) is 0 Å². The molecule has 0 unspecified atom stereocenters. The Kier molecular flexibility index (Phi) is 7.14. The first-order valence-corrected chi connectivity index (χ1v) is 14.5. The van der Waals surface area contributed by atoms with Crippen molar-refractivity contribution in [1.82, 2.24) is 29.4 Å². The number of hydrogen-bond acceptors (Lipinski definition) is 6. The summed E-state index contributed by atoms with van der Waals surface area (Å²) in [6.07, 6.45) is 5.62. The quantitative estimate of drug-likeness (QED) is 0.376. The molecule has 2 aliphatic heterocycles. The number of aromatic amines is 1. The molecule has 2 fully saturated rings. The molecule has 9 heteroatoms. The smallest absolute Gasteiger partial charge is 0.236 e. The number of nitrogens with zero attached hydrogens (tertiary/aromatic N) is 5. The van der Waals surface area contributed by atoms with Crippen LogP contribution in [0.4, 0.5) is 0 Å². The van der Waals surface area contributed by atoms with Gasteiger partial charge in [-0.25, -0.2) is 9.50 Å². The summed E-state index contributed by atoms with van der Waals surface area (Å²) in [6, 6.07) is 8.87. The Morgan fingerprint density at radius 2 is 1.90 bits per heavy atom. The molecule has 2 saturated heterocycles. The molecule has 0 atom stereocenters. The van der Waals surface area contributed by atoms with E-state index in [1.165, 1.54) is 22.8 Å². The Morgan fingerprint density at radius 1 is 1.15 bits per heavy atom. The number of piperidine rings is 1. The van der Waals surface area contributed by atoms with Crippen molar-refractivity contribution in [2.24, 2.45) is 0 Å². The number of ether oxygens (including phenoxy) is 1. The van der Waals surface area contributed by atoms with E-state index < -0.39 is 5.60 Å². The summed E-state index contributed by atoms with van der Waals surface area (Å²) < 4.78 is 7.14. The van der Waals surface area contributed by atoms with E-state index in [1.807, 2.05) is 17.2 Å². The number of rotatable bonds is 6. The van der Waals surface area contributed by atoms with Crippen LogP contribution in [0, 0.1) is 0 Å². The van der Waals surface area contributed by atoms with Gasteiger partial charge in [0.2, 0.25) is 5.91 Å². The van der Waals surface area contributed by atoms with Crippen molar-refractivity contribution >= 4 is 22.5 Å². The highest BCUT2D eigenvalue weighted by Gasteiger charge is 2.27. The molecule has 3 aromatic heterocycles. The minimum absolute atomic E-state index is 0.224. The van der Waals surface area contributed by atoms with E-state index in [-0.39, 0.29) is 5.91 Å². The number of likely N-dealkylation sites (tertiary alicyclic amines) is 1. The van der Waals surface area contributed by atoms with Gasteiger partial charge < -0.3 is 19.7 Å². The monoisotopic (exact) mass is 544 g/mol.